The summed E-state index contributed by atoms with van der Waals surface area (Å²) in [5.41, 5.74) is 1.95. The molecule has 5 bridgehead atoms. The van der Waals surface area contributed by atoms with Crippen LogP contribution >= 0.6 is 15.9 Å². The maximum atomic E-state index is 15.2. The van der Waals surface area contributed by atoms with Crippen molar-refractivity contribution in [1.82, 2.24) is 10.2 Å². The number of hydrogen-bond donors (Lipinski definition) is 2. The number of aliphatic hydroxyl groups excluding tert-OH is 1. The first kappa shape index (κ1) is 35.0. The number of halogens is 1. The van der Waals surface area contributed by atoms with E-state index in [1.807, 2.05) is 80.6 Å². The molecule has 49 heavy (non-hydrogen) atoms. The summed E-state index contributed by atoms with van der Waals surface area (Å²) in [6.07, 6.45) is 8.24. The van der Waals surface area contributed by atoms with E-state index in [-0.39, 0.29) is 38.0 Å². The van der Waals surface area contributed by atoms with Crippen molar-refractivity contribution >= 4 is 45.3 Å². The highest BCUT2D eigenvalue weighted by Gasteiger charge is 2.74. The maximum Gasteiger partial charge on any atom is 0.306 e. The van der Waals surface area contributed by atoms with Crippen molar-refractivity contribution in [2.45, 2.75) is 76.2 Å². The molecule has 0 unspecified atom stereocenters. The number of para-hydroxylation sites is 1. The molecule has 1 spiro atoms. The molecule has 2 aromatic carbocycles. The third-order valence-corrected chi connectivity index (χ3v) is 10.8. The summed E-state index contributed by atoms with van der Waals surface area (Å²) in [4.78, 5) is 60.3. The van der Waals surface area contributed by atoms with Crippen molar-refractivity contribution in [3.05, 3.63) is 87.9 Å². The number of aliphatic hydroxyl groups is 1. The van der Waals surface area contributed by atoms with E-state index >= 15 is 4.79 Å². The van der Waals surface area contributed by atoms with Crippen LogP contribution in [-0.2, 0) is 28.7 Å². The summed E-state index contributed by atoms with van der Waals surface area (Å²) in [7, 11) is 0. The number of unbranched alkanes of at least 4 members (excludes halogenated alkanes) is 3. The van der Waals surface area contributed by atoms with Gasteiger partial charge in [-0.2, -0.15) is 0 Å². The number of allylic oxidation sites excluding steroid dienone is 1. The van der Waals surface area contributed by atoms with Crippen molar-refractivity contribution in [1.29, 1.82) is 0 Å². The van der Waals surface area contributed by atoms with Gasteiger partial charge in [-0.05, 0) is 55.9 Å². The lowest BCUT2D eigenvalue weighted by Crippen LogP contribution is -2.56. The van der Waals surface area contributed by atoms with Crippen molar-refractivity contribution in [2.24, 2.45) is 11.8 Å². The fourth-order valence-electron chi connectivity index (χ4n) is 7.88. The Morgan fingerprint density at radius 2 is 1.67 bits per heavy atom. The number of nitrogens with zero attached hydrogens (tertiary/aromatic N) is 2. The second kappa shape index (κ2) is 15.0. The molecule has 6 atom stereocenters. The Hall–Kier alpha value is -3.80. The third kappa shape index (κ3) is 6.72. The molecule has 2 fully saturated rings. The van der Waals surface area contributed by atoms with Crippen molar-refractivity contribution in [3.8, 4) is 0 Å². The number of ether oxygens (including phenoxy) is 2. The molecule has 4 heterocycles. The predicted octanol–water partition coefficient (Wildman–Crippen LogP) is 4.81. The van der Waals surface area contributed by atoms with Gasteiger partial charge in [0.05, 0.1) is 17.9 Å². The summed E-state index contributed by atoms with van der Waals surface area (Å²) in [6, 6.07) is 13.5. The van der Waals surface area contributed by atoms with Crippen LogP contribution in [0.1, 0.15) is 61.3 Å². The topological polar surface area (TPSA) is 125 Å². The molecule has 11 heteroatoms. The molecular formula is C38H44BrN3O7. The van der Waals surface area contributed by atoms with Gasteiger partial charge in [0, 0.05) is 36.3 Å². The second-order valence-electron chi connectivity index (χ2n) is 13.4. The maximum absolute atomic E-state index is 15.2. The normalized spacial score (nSPS) is 29.5. The van der Waals surface area contributed by atoms with Crippen LogP contribution in [0.3, 0.4) is 0 Å². The van der Waals surface area contributed by atoms with E-state index in [1.165, 1.54) is 0 Å². The molecule has 4 aliphatic heterocycles. The van der Waals surface area contributed by atoms with Crippen LogP contribution in [0.4, 0.5) is 5.69 Å². The summed E-state index contributed by atoms with van der Waals surface area (Å²) in [5, 5.41) is 12.4. The molecular weight excluding hydrogens is 690 g/mol. The van der Waals surface area contributed by atoms with Gasteiger partial charge in [-0.25, -0.2) is 0 Å². The van der Waals surface area contributed by atoms with Crippen LogP contribution in [0.5, 0.6) is 0 Å². The molecule has 2 N–H and O–H groups in total. The number of nitrogens with one attached hydrogen (secondary N) is 1. The lowest BCUT2D eigenvalue weighted by atomic mass is 9.74. The van der Waals surface area contributed by atoms with E-state index in [4.69, 9.17) is 9.47 Å². The highest BCUT2D eigenvalue weighted by molar-refractivity contribution is 9.11. The molecule has 0 aliphatic carbocycles. The molecule has 0 radical (unpaired) electrons. The quantitative estimate of drug-likeness (QED) is 0.227. The molecule has 0 saturated carbocycles. The standard InChI is InChI=1S/C38H44BrN3O7/c1-24-14-13-15-25(2)32(24)41-19-11-6-9-18-29(44)48-23-28(26-16-7-5-8-17-26)40-35(45)30-31-36(46)42(20-10-3-4-12-21-43)34(37(41)47)38(31)22-27(39)33(30)49-38/h5-8,11,13-17,22,28,30-31,33-34,43H,3-4,9-10,12,18-21,23H2,1-2H3,(H,40,45)/b11-6-/t28-,30-,31+,33-,34-,38+/m0/s1. The zero-order valence-electron chi connectivity index (χ0n) is 28.0. The molecule has 2 aromatic rings. The molecule has 10 nitrogen and oxygen atoms in total. The molecule has 3 amide bonds. The Labute approximate surface area is 295 Å². The smallest absolute Gasteiger partial charge is 0.306 e. The van der Waals surface area contributed by atoms with E-state index in [0.29, 0.717) is 30.3 Å². The zero-order chi connectivity index (χ0) is 34.7. The SMILES string of the molecule is Cc1cccc(C)c1N1C/C=C\CCC(=O)OC[C@@H](c2ccccc2)NC(=O)[C@@H]2[C@H]3O[C@@]4(C=C3Br)[C@H](C1=O)N(CCCCCCO)C(=O)[C@@H]24. The van der Waals surface area contributed by atoms with E-state index in [1.54, 1.807) is 9.80 Å². The number of cyclic esters (lactones) is 1. The number of fused-ring (bicyclic) bond motifs is 2. The number of carbonyl (C=O) groups is 4. The lowest BCUT2D eigenvalue weighted by Gasteiger charge is -2.36. The van der Waals surface area contributed by atoms with E-state index < -0.39 is 47.5 Å². The van der Waals surface area contributed by atoms with Gasteiger partial charge in [0.2, 0.25) is 11.8 Å². The molecule has 0 aromatic heterocycles. The van der Waals surface area contributed by atoms with Gasteiger partial charge in [-0.15, -0.1) is 0 Å². The van der Waals surface area contributed by atoms with Gasteiger partial charge in [0.15, 0.2) is 0 Å². The average molecular weight is 735 g/mol. The number of benzene rings is 2. The van der Waals surface area contributed by atoms with E-state index in [2.05, 4.69) is 21.2 Å². The van der Waals surface area contributed by atoms with Crippen LogP contribution in [0.2, 0.25) is 0 Å². The van der Waals surface area contributed by atoms with Crippen LogP contribution in [0.25, 0.3) is 0 Å². The molecule has 6 rings (SSSR count). The lowest BCUT2D eigenvalue weighted by molar-refractivity contribution is -0.145. The van der Waals surface area contributed by atoms with E-state index in [0.717, 1.165) is 35.2 Å². The van der Waals surface area contributed by atoms with Crippen LogP contribution in [0, 0.1) is 25.7 Å². The highest BCUT2D eigenvalue weighted by Crippen LogP contribution is 2.59. The summed E-state index contributed by atoms with van der Waals surface area (Å²) < 4.78 is 13.0. The van der Waals surface area contributed by atoms with Crippen molar-refractivity contribution in [2.75, 3.05) is 31.2 Å². The second-order valence-corrected chi connectivity index (χ2v) is 14.3. The summed E-state index contributed by atoms with van der Waals surface area (Å²) in [5.74, 6) is -3.25. The Morgan fingerprint density at radius 3 is 2.41 bits per heavy atom. The number of rotatable bonds is 8. The molecule has 4 aliphatic rings. The minimum atomic E-state index is -1.37. The largest absolute Gasteiger partial charge is 0.463 e. The summed E-state index contributed by atoms with van der Waals surface area (Å²) in [6.45, 7) is 4.46. The van der Waals surface area contributed by atoms with Gasteiger partial charge >= 0.3 is 5.97 Å². The Kier molecular flexibility index (Phi) is 10.7. The van der Waals surface area contributed by atoms with Gasteiger partial charge in [0.1, 0.15) is 24.4 Å². The van der Waals surface area contributed by atoms with Crippen LogP contribution < -0.4 is 10.2 Å². The number of anilines is 1. The van der Waals surface area contributed by atoms with Crippen molar-refractivity contribution < 1.29 is 33.8 Å². The predicted molar refractivity (Wildman–Crippen MR) is 188 cm³/mol. The molecule has 260 valence electrons. The first-order valence-electron chi connectivity index (χ1n) is 17.2. The number of carbonyl (C=O) groups excluding carboxylic acids is 4. The fourth-order valence-corrected chi connectivity index (χ4v) is 8.61. The van der Waals surface area contributed by atoms with Gasteiger partial charge in [-0.1, -0.05) is 89.5 Å². The monoisotopic (exact) mass is 733 g/mol. The van der Waals surface area contributed by atoms with Gasteiger partial charge in [-0.3, -0.25) is 19.2 Å². The van der Waals surface area contributed by atoms with Crippen molar-refractivity contribution in [3.63, 3.8) is 0 Å². The minimum Gasteiger partial charge on any atom is -0.463 e. The zero-order valence-corrected chi connectivity index (χ0v) is 29.6. The summed E-state index contributed by atoms with van der Waals surface area (Å²) >= 11 is 3.65. The van der Waals surface area contributed by atoms with Crippen LogP contribution in [0.15, 0.2) is 71.2 Å². The number of hydrogen-bond acceptors (Lipinski definition) is 7. The van der Waals surface area contributed by atoms with Gasteiger partial charge < -0.3 is 29.7 Å². The first-order chi connectivity index (χ1) is 23.7. The Bertz CT molecular complexity index is 1620. The number of amides is 3. The third-order valence-electron chi connectivity index (χ3n) is 10.1. The average Bonchev–Trinajstić information content (AvgIpc) is 3.68. The number of likely N-dealkylation sites (tertiary alicyclic amines) is 1. The van der Waals surface area contributed by atoms with Crippen LogP contribution in [-0.4, -0.2) is 77.7 Å². The number of aryl methyl sites for hydroxylation is 2. The molecule has 2 saturated heterocycles. The Morgan fingerprint density at radius 1 is 0.939 bits per heavy atom. The Balaban J connectivity index is 1.44. The highest BCUT2D eigenvalue weighted by atomic mass is 79.9. The minimum absolute atomic E-state index is 0.0707. The number of esters is 1. The first-order valence-corrected chi connectivity index (χ1v) is 18.0. The van der Waals surface area contributed by atoms with Gasteiger partial charge in [0.25, 0.3) is 5.91 Å². The van der Waals surface area contributed by atoms with E-state index in [9.17, 15) is 19.5 Å². The fraction of sp³-hybridized carbons (Fsp3) is 0.474.